The molecule has 0 aliphatic rings. The van der Waals surface area contributed by atoms with Crippen LogP contribution in [0, 0.1) is 0 Å². The Kier molecular flexibility index (Phi) is 10.3. The van der Waals surface area contributed by atoms with Crippen molar-refractivity contribution in [3.63, 3.8) is 0 Å². The van der Waals surface area contributed by atoms with Gasteiger partial charge in [-0.1, -0.05) is 51.7 Å². The Bertz CT molecular complexity index is 1540. The molecule has 42 heavy (non-hydrogen) atoms. The van der Waals surface area contributed by atoms with Gasteiger partial charge in [0.25, 0.3) is 0 Å². The van der Waals surface area contributed by atoms with Crippen LogP contribution in [-0.2, 0) is 0 Å². The molecule has 0 aromatic carbocycles. The van der Waals surface area contributed by atoms with Crippen molar-refractivity contribution in [2.75, 3.05) is 13.2 Å². The summed E-state index contributed by atoms with van der Waals surface area (Å²) in [4.78, 5) is 12.8. The molecule has 0 spiro atoms. The highest BCUT2D eigenvalue weighted by Gasteiger charge is 2.19. The first kappa shape index (κ1) is 29.9. The summed E-state index contributed by atoms with van der Waals surface area (Å²) < 4.78 is 12.6. The topological polar surface area (TPSA) is 18.5 Å². The fourth-order valence-electron chi connectivity index (χ4n) is 4.64. The van der Waals surface area contributed by atoms with Crippen molar-refractivity contribution in [2.24, 2.45) is 0 Å². The first-order chi connectivity index (χ1) is 20.7. The number of rotatable bonds is 15. The summed E-state index contributed by atoms with van der Waals surface area (Å²) in [5.41, 5.74) is 0. The minimum atomic E-state index is 0.776. The Morgan fingerprint density at radius 2 is 0.905 bits per heavy atom. The molecule has 6 rings (SSSR count). The zero-order valence-corrected chi connectivity index (χ0v) is 28.8. The zero-order chi connectivity index (χ0) is 28.7. The third-order valence-electron chi connectivity index (χ3n) is 6.84. The van der Waals surface area contributed by atoms with E-state index in [0.29, 0.717) is 0 Å². The maximum absolute atomic E-state index is 6.30. The molecule has 6 aromatic heterocycles. The van der Waals surface area contributed by atoms with Crippen LogP contribution in [0.3, 0.4) is 0 Å². The monoisotopic (exact) mass is 666 g/mol. The van der Waals surface area contributed by atoms with Crippen LogP contribution in [-0.4, -0.2) is 13.2 Å². The van der Waals surface area contributed by atoms with E-state index in [0.717, 1.165) is 37.6 Å². The fraction of sp³-hybridized carbons (Fsp3) is 0.294. The molecule has 0 saturated carbocycles. The average molecular weight is 667 g/mol. The molecule has 218 valence electrons. The van der Waals surface area contributed by atoms with Crippen molar-refractivity contribution in [1.82, 2.24) is 0 Å². The van der Waals surface area contributed by atoms with Crippen LogP contribution in [0.5, 0.6) is 11.5 Å². The van der Waals surface area contributed by atoms with Gasteiger partial charge in [0.15, 0.2) is 0 Å². The van der Waals surface area contributed by atoms with Gasteiger partial charge < -0.3 is 9.47 Å². The van der Waals surface area contributed by atoms with Crippen LogP contribution in [0.1, 0.15) is 52.4 Å². The lowest BCUT2D eigenvalue weighted by atomic mass is 10.2. The predicted octanol–water partition coefficient (Wildman–Crippen LogP) is 13.5. The maximum Gasteiger partial charge on any atom is 0.139 e. The molecule has 0 unspecified atom stereocenters. The lowest BCUT2D eigenvalue weighted by Gasteiger charge is -2.05. The Morgan fingerprint density at radius 3 is 1.29 bits per heavy atom. The summed E-state index contributed by atoms with van der Waals surface area (Å²) in [6, 6.07) is 22.2. The van der Waals surface area contributed by atoms with Crippen molar-refractivity contribution in [1.29, 1.82) is 0 Å². The van der Waals surface area contributed by atoms with Crippen molar-refractivity contribution in [3.8, 4) is 60.3 Å². The van der Waals surface area contributed by atoms with Crippen molar-refractivity contribution >= 4 is 68.0 Å². The molecule has 0 radical (unpaired) electrons. The van der Waals surface area contributed by atoms with Crippen LogP contribution in [0.2, 0.25) is 0 Å². The second-order valence-electron chi connectivity index (χ2n) is 10.0. The van der Waals surface area contributed by atoms with Gasteiger partial charge in [0, 0.05) is 51.1 Å². The fourth-order valence-corrected chi connectivity index (χ4v) is 10.8. The minimum absolute atomic E-state index is 0.776. The van der Waals surface area contributed by atoms with Crippen molar-refractivity contribution in [2.45, 2.75) is 52.4 Å². The third kappa shape index (κ3) is 6.95. The zero-order valence-electron chi connectivity index (χ0n) is 23.9. The van der Waals surface area contributed by atoms with Gasteiger partial charge >= 0.3 is 0 Å². The molecule has 0 saturated heterocycles. The predicted molar refractivity (Wildman–Crippen MR) is 191 cm³/mol. The van der Waals surface area contributed by atoms with Gasteiger partial charge in [-0.2, -0.15) is 0 Å². The summed E-state index contributed by atoms with van der Waals surface area (Å²) >= 11 is 11.0. The number of ether oxygens (including phenoxy) is 2. The quantitative estimate of drug-likeness (QED) is 0.102. The summed E-state index contributed by atoms with van der Waals surface area (Å²) in [6.45, 7) is 6.01. The van der Waals surface area contributed by atoms with Gasteiger partial charge in [0.2, 0.25) is 0 Å². The Balaban J connectivity index is 1.23. The second-order valence-corrected chi connectivity index (χ2v) is 16.2. The van der Waals surface area contributed by atoms with Crippen LogP contribution in [0.25, 0.3) is 48.8 Å². The molecule has 6 aromatic rings. The Morgan fingerprint density at radius 1 is 0.476 bits per heavy atom. The van der Waals surface area contributed by atoms with E-state index in [-0.39, 0.29) is 0 Å². The SMILES string of the molecule is CCCCCOc1cc(-c2ccc(-c3ccc(-c4cc(OCCCCC)c(-c5cccs5)s4)s3)s2)sc1-c1cccs1. The number of thiophene rings is 6. The molecule has 0 bridgehead atoms. The highest BCUT2D eigenvalue weighted by molar-refractivity contribution is 7.30. The van der Waals surface area contributed by atoms with Crippen molar-refractivity contribution in [3.05, 3.63) is 71.4 Å². The summed E-state index contributed by atoms with van der Waals surface area (Å²) in [7, 11) is 0. The average Bonchev–Trinajstić information content (AvgIpc) is 3.83. The molecule has 0 aliphatic carbocycles. The van der Waals surface area contributed by atoms with Gasteiger partial charge in [0.05, 0.1) is 23.0 Å². The van der Waals surface area contributed by atoms with E-state index < -0.39 is 0 Å². The van der Waals surface area contributed by atoms with Gasteiger partial charge in [-0.3, -0.25) is 0 Å². The first-order valence-corrected chi connectivity index (χ1v) is 19.6. The van der Waals surface area contributed by atoms with Gasteiger partial charge in [-0.25, -0.2) is 0 Å². The van der Waals surface area contributed by atoms with E-state index in [2.05, 4.69) is 85.3 Å². The molecule has 6 heterocycles. The molecule has 0 fully saturated rings. The van der Waals surface area contributed by atoms with E-state index in [4.69, 9.17) is 9.47 Å². The summed E-state index contributed by atoms with van der Waals surface area (Å²) in [5, 5.41) is 4.29. The Hall–Kier alpha value is -2.20. The highest BCUT2D eigenvalue weighted by atomic mass is 32.1. The lowest BCUT2D eigenvalue weighted by molar-refractivity contribution is 0.308. The van der Waals surface area contributed by atoms with E-state index in [1.807, 2.05) is 45.3 Å². The number of hydrogen-bond donors (Lipinski definition) is 0. The molecule has 0 amide bonds. The van der Waals surface area contributed by atoms with Gasteiger partial charge in [-0.15, -0.1) is 68.0 Å². The number of unbranched alkanes of at least 4 members (excludes halogenated alkanes) is 4. The smallest absolute Gasteiger partial charge is 0.139 e. The molecular formula is C34H34O2S6. The van der Waals surface area contributed by atoms with E-state index >= 15 is 0 Å². The normalized spacial score (nSPS) is 11.4. The third-order valence-corrected chi connectivity index (χ3v) is 13.9. The molecule has 8 heteroatoms. The van der Waals surface area contributed by atoms with E-state index in [9.17, 15) is 0 Å². The van der Waals surface area contributed by atoms with Crippen molar-refractivity contribution < 1.29 is 9.47 Å². The van der Waals surface area contributed by atoms with Crippen LogP contribution >= 0.6 is 68.0 Å². The molecule has 2 nitrogen and oxygen atoms in total. The van der Waals surface area contributed by atoms with Crippen LogP contribution in [0.15, 0.2) is 71.4 Å². The first-order valence-electron chi connectivity index (χ1n) is 14.5. The van der Waals surface area contributed by atoms with E-state index in [1.54, 1.807) is 22.7 Å². The largest absolute Gasteiger partial charge is 0.492 e. The highest BCUT2D eigenvalue weighted by Crippen LogP contribution is 2.50. The van der Waals surface area contributed by atoms with Gasteiger partial charge in [0.1, 0.15) is 11.5 Å². The maximum atomic E-state index is 6.30. The Labute approximate surface area is 272 Å². The standard InChI is InChI=1S/C34H34O2S6/c1-3-5-7-17-35-23-21-31(41-33(23)29-11-9-19-37-29)27-15-13-25(39-27)26-14-16-28(40-26)32-22-24(36-18-8-6-4-2)34(42-32)30-12-10-20-38-30/h9-16,19-22H,3-8,17-18H2,1-2H3. The summed E-state index contributed by atoms with van der Waals surface area (Å²) in [6.07, 6.45) is 7.01. The second kappa shape index (κ2) is 14.5. The lowest BCUT2D eigenvalue weighted by Crippen LogP contribution is -1.96. The van der Waals surface area contributed by atoms with Crippen LogP contribution in [0.4, 0.5) is 0 Å². The molecule has 0 aliphatic heterocycles. The minimum Gasteiger partial charge on any atom is -0.492 e. The number of hydrogen-bond acceptors (Lipinski definition) is 8. The molecule has 0 atom stereocenters. The van der Waals surface area contributed by atoms with Crippen LogP contribution < -0.4 is 9.47 Å². The van der Waals surface area contributed by atoms with Gasteiger partial charge in [-0.05, 0) is 60.0 Å². The molecule has 0 N–H and O–H groups in total. The summed E-state index contributed by atoms with van der Waals surface area (Å²) in [5.74, 6) is 2.04. The van der Waals surface area contributed by atoms with E-state index in [1.165, 1.54) is 74.5 Å². The molecular weight excluding hydrogens is 633 g/mol.